The first-order valence-electron chi connectivity index (χ1n) is 7.25. The van der Waals surface area contributed by atoms with E-state index in [0.29, 0.717) is 16.9 Å². The van der Waals surface area contributed by atoms with E-state index in [1.165, 1.54) is 12.8 Å². The van der Waals surface area contributed by atoms with Crippen LogP contribution in [0.4, 0.5) is 5.69 Å². The van der Waals surface area contributed by atoms with Crippen molar-refractivity contribution in [2.24, 2.45) is 11.7 Å². The van der Waals surface area contributed by atoms with Gasteiger partial charge in [0.05, 0.1) is 10.6 Å². The molecule has 2 rings (SSSR count). The second-order valence-electron chi connectivity index (χ2n) is 5.50. The molecule has 1 saturated carbocycles. The highest BCUT2D eigenvalue weighted by molar-refractivity contribution is 7.91. The third-order valence-corrected chi connectivity index (χ3v) is 6.15. The summed E-state index contributed by atoms with van der Waals surface area (Å²) in [5, 5.41) is 0. The number of benzene rings is 1. The number of nitrogens with two attached hydrogens (primary N) is 1. The van der Waals surface area contributed by atoms with Gasteiger partial charge in [-0.15, -0.1) is 0 Å². The molecular formula is C15H24N2O2S. The Balaban J connectivity index is 2.18. The predicted molar refractivity (Wildman–Crippen MR) is 82.8 cm³/mol. The molecular weight excluding hydrogens is 272 g/mol. The first kappa shape index (κ1) is 15.3. The lowest BCUT2D eigenvalue weighted by Crippen LogP contribution is -2.37. The van der Waals surface area contributed by atoms with E-state index in [-0.39, 0.29) is 5.75 Å². The van der Waals surface area contributed by atoms with Crippen LogP contribution in [0.3, 0.4) is 0 Å². The summed E-state index contributed by atoms with van der Waals surface area (Å²) in [5.41, 5.74) is 6.89. The Morgan fingerprint density at radius 1 is 1.25 bits per heavy atom. The molecule has 0 radical (unpaired) electrons. The van der Waals surface area contributed by atoms with Crippen LogP contribution >= 0.6 is 0 Å². The van der Waals surface area contributed by atoms with Crippen molar-refractivity contribution in [1.29, 1.82) is 0 Å². The van der Waals surface area contributed by atoms with Crippen molar-refractivity contribution in [3.63, 3.8) is 0 Å². The lowest BCUT2D eigenvalue weighted by Gasteiger charge is -2.31. The van der Waals surface area contributed by atoms with Gasteiger partial charge in [-0.3, -0.25) is 0 Å². The van der Waals surface area contributed by atoms with Crippen molar-refractivity contribution in [3.05, 3.63) is 24.3 Å². The zero-order valence-electron chi connectivity index (χ0n) is 12.2. The van der Waals surface area contributed by atoms with E-state index >= 15 is 0 Å². The first-order chi connectivity index (χ1) is 9.49. The van der Waals surface area contributed by atoms with Gasteiger partial charge in [-0.05, 0) is 49.6 Å². The Morgan fingerprint density at radius 3 is 2.45 bits per heavy atom. The van der Waals surface area contributed by atoms with Crippen LogP contribution in [-0.2, 0) is 9.84 Å². The molecule has 1 aromatic rings. The molecule has 1 aliphatic rings. The Bertz CT molecular complexity index is 539. The average molecular weight is 296 g/mol. The van der Waals surface area contributed by atoms with Crippen molar-refractivity contribution in [2.45, 2.75) is 37.1 Å². The minimum Gasteiger partial charge on any atom is -0.371 e. The van der Waals surface area contributed by atoms with Crippen molar-refractivity contribution in [2.75, 3.05) is 24.2 Å². The summed E-state index contributed by atoms with van der Waals surface area (Å²) in [5.74, 6) is 0.680. The second kappa shape index (κ2) is 6.14. The number of nitrogens with zero attached hydrogens (tertiary/aromatic N) is 1. The van der Waals surface area contributed by atoms with Crippen molar-refractivity contribution < 1.29 is 8.42 Å². The monoisotopic (exact) mass is 296 g/mol. The van der Waals surface area contributed by atoms with Gasteiger partial charge in [0.25, 0.3) is 0 Å². The average Bonchev–Trinajstić information content (AvgIpc) is 2.95. The van der Waals surface area contributed by atoms with Crippen LogP contribution in [0.5, 0.6) is 0 Å². The van der Waals surface area contributed by atoms with Crippen LogP contribution in [0, 0.1) is 5.92 Å². The molecule has 0 aliphatic heterocycles. The molecule has 0 heterocycles. The Hall–Kier alpha value is -1.07. The zero-order valence-corrected chi connectivity index (χ0v) is 13.1. The maximum absolute atomic E-state index is 11.8. The van der Waals surface area contributed by atoms with Crippen LogP contribution in [0.1, 0.15) is 26.2 Å². The molecule has 112 valence electrons. The van der Waals surface area contributed by atoms with Gasteiger partial charge >= 0.3 is 0 Å². The molecule has 5 heteroatoms. The van der Waals surface area contributed by atoms with E-state index in [0.717, 1.165) is 18.7 Å². The zero-order chi connectivity index (χ0) is 14.8. The summed E-state index contributed by atoms with van der Waals surface area (Å²) < 4.78 is 23.6. The van der Waals surface area contributed by atoms with E-state index in [2.05, 4.69) is 11.9 Å². The Labute approximate surface area is 121 Å². The van der Waals surface area contributed by atoms with Gasteiger partial charge in [0, 0.05) is 18.8 Å². The standard InChI is InChI=1S/C15H24N2O2S/c1-3-20(18,19)14-9-7-13(8-10-14)17(2)15-6-4-5-12(15)11-16/h7-10,12,15H,3-6,11,16H2,1-2H3. The topological polar surface area (TPSA) is 63.4 Å². The largest absolute Gasteiger partial charge is 0.371 e. The number of rotatable bonds is 5. The van der Waals surface area contributed by atoms with Gasteiger partial charge in [0.1, 0.15) is 0 Å². The van der Waals surface area contributed by atoms with Gasteiger partial charge in [-0.25, -0.2) is 8.42 Å². The fourth-order valence-electron chi connectivity index (χ4n) is 3.05. The number of hydrogen-bond acceptors (Lipinski definition) is 4. The molecule has 0 amide bonds. The van der Waals surface area contributed by atoms with Crippen molar-refractivity contribution in [3.8, 4) is 0 Å². The number of anilines is 1. The Kier molecular flexibility index (Phi) is 4.70. The van der Waals surface area contributed by atoms with Crippen LogP contribution < -0.4 is 10.6 Å². The highest BCUT2D eigenvalue weighted by Gasteiger charge is 2.29. The summed E-state index contributed by atoms with van der Waals surface area (Å²) in [7, 11) is -1.04. The fourth-order valence-corrected chi connectivity index (χ4v) is 3.93. The van der Waals surface area contributed by atoms with E-state index in [4.69, 9.17) is 5.73 Å². The maximum Gasteiger partial charge on any atom is 0.178 e. The second-order valence-corrected chi connectivity index (χ2v) is 7.78. The lowest BCUT2D eigenvalue weighted by atomic mass is 10.0. The molecule has 4 nitrogen and oxygen atoms in total. The molecule has 1 aromatic carbocycles. The third-order valence-electron chi connectivity index (χ3n) is 4.40. The van der Waals surface area contributed by atoms with Gasteiger partial charge in [0.15, 0.2) is 9.84 Å². The van der Waals surface area contributed by atoms with Gasteiger partial charge < -0.3 is 10.6 Å². The predicted octanol–water partition coefficient (Wildman–Crippen LogP) is 2.04. The van der Waals surface area contributed by atoms with Gasteiger partial charge in [-0.2, -0.15) is 0 Å². The molecule has 0 spiro atoms. The highest BCUT2D eigenvalue weighted by atomic mass is 32.2. The maximum atomic E-state index is 11.8. The normalized spacial score (nSPS) is 22.9. The van der Waals surface area contributed by atoms with E-state index in [1.807, 2.05) is 12.1 Å². The first-order valence-corrected chi connectivity index (χ1v) is 8.90. The molecule has 0 bridgehead atoms. The smallest absolute Gasteiger partial charge is 0.178 e. The lowest BCUT2D eigenvalue weighted by molar-refractivity contribution is 0.474. The van der Waals surface area contributed by atoms with Crippen molar-refractivity contribution >= 4 is 15.5 Å². The summed E-state index contributed by atoms with van der Waals surface area (Å²) in [6.45, 7) is 2.39. The number of hydrogen-bond donors (Lipinski definition) is 1. The van der Waals surface area contributed by atoms with Gasteiger partial charge in [-0.1, -0.05) is 13.3 Å². The highest BCUT2D eigenvalue weighted by Crippen LogP contribution is 2.31. The SMILES string of the molecule is CCS(=O)(=O)c1ccc(N(C)C2CCCC2CN)cc1. The fraction of sp³-hybridized carbons (Fsp3) is 0.600. The molecule has 2 unspecified atom stereocenters. The quantitative estimate of drug-likeness (QED) is 0.903. The summed E-state index contributed by atoms with van der Waals surface area (Å²) in [4.78, 5) is 2.64. The van der Waals surface area contributed by atoms with Gasteiger partial charge in [0.2, 0.25) is 0 Å². The molecule has 2 N–H and O–H groups in total. The minimum atomic E-state index is -3.11. The Morgan fingerprint density at radius 2 is 1.90 bits per heavy atom. The molecule has 0 saturated heterocycles. The summed E-state index contributed by atoms with van der Waals surface area (Å²) in [6, 6.07) is 7.67. The van der Waals surface area contributed by atoms with E-state index in [1.54, 1.807) is 19.1 Å². The van der Waals surface area contributed by atoms with Crippen LogP contribution in [-0.4, -0.2) is 33.8 Å². The van der Waals surface area contributed by atoms with Crippen LogP contribution in [0.25, 0.3) is 0 Å². The minimum absolute atomic E-state index is 0.139. The summed E-state index contributed by atoms with van der Waals surface area (Å²) >= 11 is 0. The molecule has 20 heavy (non-hydrogen) atoms. The molecule has 0 aromatic heterocycles. The summed E-state index contributed by atoms with van der Waals surface area (Å²) in [6.07, 6.45) is 3.57. The van der Waals surface area contributed by atoms with Crippen LogP contribution in [0.15, 0.2) is 29.2 Å². The molecule has 1 aliphatic carbocycles. The van der Waals surface area contributed by atoms with E-state index < -0.39 is 9.84 Å². The van der Waals surface area contributed by atoms with E-state index in [9.17, 15) is 8.42 Å². The van der Waals surface area contributed by atoms with Crippen molar-refractivity contribution in [1.82, 2.24) is 0 Å². The number of sulfone groups is 1. The molecule has 2 atom stereocenters. The van der Waals surface area contributed by atoms with Crippen LogP contribution in [0.2, 0.25) is 0 Å². The molecule has 1 fully saturated rings. The third kappa shape index (κ3) is 2.99.